The molecule has 2 heterocycles. The maximum absolute atomic E-state index is 12.9. The van der Waals surface area contributed by atoms with Crippen LogP contribution < -0.4 is 0 Å². The number of nitrogens with zero attached hydrogens (tertiary/aromatic N) is 2. The molecule has 0 aromatic carbocycles. The summed E-state index contributed by atoms with van der Waals surface area (Å²) in [6, 6.07) is 3.50. The highest BCUT2D eigenvalue weighted by Crippen LogP contribution is 2.47. The second-order valence-corrected chi connectivity index (χ2v) is 5.00. The highest BCUT2D eigenvalue weighted by Gasteiger charge is 2.47. The van der Waals surface area contributed by atoms with E-state index in [1.807, 2.05) is 0 Å². The van der Waals surface area contributed by atoms with E-state index in [9.17, 15) is 13.6 Å². The van der Waals surface area contributed by atoms with Crippen LogP contribution in [-0.4, -0.2) is 26.4 Å². The standard InChI is InChI=1S/C14H12F2N2O2/c15-14(16)6-10(7-14)13-17-8-11-5-9(1-2-12(19)20)3-4-18(11)13/h1-5,8,10H,6-7H2,(H,19,20)/b2-1+. The molecule has 2 aromatic rings. The fourth-order valence-electron chi connectivity index (χ4n) is 2.45. The number of fused-ring (bicyclic) bond motifs is 1. The maximum Gasteiger partial charge on any atom is 0.328 e. The molecule has 0 atom stereocenters. The van der Waals surface area contributed by atoms with Crippen LogP contribution in [0.25, 0.3) is 11.6 Å². The molecule has 1 N–H and O–H groups in total. The molecule has 0 unspecified atom stereocenters. The molecule has 0 amide bonds. The Bertz CT molecular complexity index is 698. The van der Waals surface area contributed by atoms with Gasteiger partial charge < -0.3 is 9.51 Å². The molecule has 104 valence electrons. The molecule has 20 heavy (non-hydrogen) atoms. The summed E-state index contributed by atoms with van der Waals surface area (Å²) in [6.45, 7) is 0. The fourth-order valence-corrected chi connectivity index (χ4v) is 2.45. The second-order valence-electron chi connectivity index (χ2n) is 5.00. The Balaban J connectivity index is 1.89. The zero-order chi connectivity index (χ0) is 14.3. The summed E-state index contributed by atoms with van der Waals surface area (Å²) in [4.78, 5) is 14.7. The number of alkyl halides is 2. The van der Waals surface area contributed by atoms with E-state index in [1.165, 1.54) is 6.08 Å². The lowest BCUT2D eigenvalue weighted by Gasteiger charge is -2.33. The van der Waals surface area contributed by atoms with Crippen molar-refractivity contribution in [3.63, 3.8) is 0 Å². The number of halogens is 2. The molecule has 0 bridgehead atoms. The summed E-state index contributed by atoms with van der Waals surface area (Å²) < 4.78 is 27.6. The molecule has 6 heteroatoms. The Hall–Kier alpha value is -2.24. The summed E-state index contributed by atoms with van der Waals surface area (Å²) in [7, 11) is 0. The first-order valence-corrected chi connectivity index (χ1v) is 6.20. The third-order valence-corrected chi connectivity index (χ3v) is 3.46. The van der Waals surface area contributed by atoms with E-state index in [0.717, 1.165) is 17.2 Å². The Morgan fingerprint density at radius 3 is 2.90 bits per heavy atom. The molecule has 3 rings (SSSR count). The second kappa shape index (κ2) is 4.40. The smallest absolute Gasteiger partial charge is 0.328 e. The first kappa shape index (κ1) is 12.8. The van der Waals surface area contributed by atoms with Crippen molar-refractivity contribution in [3.05, 3.63) is 42.0 Å². The zero-order valence-electron chi connectivity index (χ0n) is 10.5. The summed E-state index contributed by atoms with van der Waals surface area (Å²) >= 11 is 0. The van der Waals surface area contributed by atoms with Gasteiger partial charge in [0.15, 0.2) is 0 Å². The minimum absolute atomic E-state index is 0.160. The highest BCUT2D eigenvalue weighted by atomic mass is 19.3. The topological polar surface area (TPSA) is 54.6 Å². The fraction of sp³-hybridized carbons (Fsp3) is 0.286. The van der Waals surface area contributed by atoms with Crippen LogP contribution in [0, 0.1) is 0 Å². The van der Waals surface area contributed by atoms with E-state index in [1.54, 1.807) is 28.9 Å². The molecule has 2 aromatic heterocycles. The third kappa shape index (κ3) is 2.29. The number of aliphatic carboxylic acids is 1. The Kier molecular flexibility index (Phi) is 2.81. The summed E-state index contributed by atoms with van der Waals surface area (Å²) in [6.07, 6.45) is 5.56. The van der Waals surface area contributed by atoms with Crippen LogP contribution in [0.4, 0.5) is 8.78 Å². The number of carboxylic acid groups (broad SMARTS) is 1. The van der Waals surface area contributed by atoms with Crippen molar-refractivity contribution in [2.75, 3.05) is 0 Å². The lowest BCUT2D eigenvalue weighted by Crippen LogP contribution is -2.34. The van der Waals surface area contributed by atoms with Gasteiger partial charge in [-0.25, -0.2) is 18.6 Å². The number of carbonyl (C=O) groups is 1. The summed E-state index contributed by atoms with van der Waals surface area (Å²) in [5.41, 5.74) is 1.49. The van der Waals surface area contributed by atoms with Crippen LogP contribution in [0.1, 0.15) is 30.1 Å². The van der Waals surface area contributed by atoms with Gasteiger partial charge in [0.1, 0.15) is 5.82 Å². The Morgan fingerprint density at radius 1 is 1.50 bits per heavy atom. The van der Waals surface area contributed by atoms with Crippen molar-refractivity contribution in [1.29, 1.82) is 0 Å². The van der Waals surface area contributed by atoms with Gasteiger partial charge in [-0.1, -0.05) is 0 Å². The maximum atomic E-state index is 12.9. The number of hydrogen-bond acceptors (Lipinski definition) is 2. The van der Waals surface area contributed by atoms with Crippen molar-refractivity contribution in [2.45, 2.75) is 24.7 Å². The van der Waals surface area contributed by atoms with Crippen LogP contribution in [0.5, 0.6) is 0 Å². The normalized spacial score (nSPS) is 18.5. The monoisotopic (exact) mass is 278 g/mol. The lowest BCUT2D eigenvalue weighted by atomic mass is 9.81. The third-order valence-electron chi connectivity index (χ3n) is 3.46. The molecule has 1 saturated carbocycles. The van der Waals surface area contributed by atoms with Crippen LogP contribution in [-0.2, 0) is 4.79 Å². The molecular weight excluding hydrogens is 266 g/mol. The van der Waals surface area contributed by atoms with E-state index in [2.05, 4.69) is 4.98 Å². The SMILES string of the molecule is O=C(O)/C=C/c1ccn2c(C3CC(F)(F)C3)ncc2c1. The average molecular weight is 278 g/mol. The minimum Gasteiger partial charge on any atom is -0.478 e. The first-order valence-electron chi connectivity index (χ1n) is 6.20. The summed E-state index contributed by atoms with van der Waals surface area (Å²) in [5, 5.41) is 8.58. The number of imidazole rings is 1. The predicted octanol–water partition coefficient (Wildman–Crippen LogP) is 2.94. The zero-order valence-corrected chi connectivity index (χ0v) is 10.5. The van der Waals surface area contributed by atoms with E-state index in [4.69, 9.17) is 5.11 Å². The Labute approximate surface area is 113 Å². The molecule has 0 radical (unpaired) electrons. The van der Waals surface area contributed by atoms with Gasteiger partial charge in [-0.05, 0) is 23.8 Å². The van der Waals surface area contributed by atoms with Gasteiger partial charge >= 0.3 is 5.97 Å². The van der Waals surface area contributed by atoms with Crippen molar-refractivity contribution in [1.82, 2.24) is 9.38 Å². The van der Waals surface area contributed by atoms with E-state index in [0.29, 0.717) is 5.82 Å². The van der Waals surface area contributed by atoms with Gasteiger partial charge in [0.25, 0.3) is 0 Å². The van der Waals surface area contributed by atoms with Crippen LogP contribution >= 0.6 is 0 Å². The lowest BCUT2D eigenvalue weighted by molar-refractivity contribution is -0.131. The van der Waals surface area contributed by atoms with E-state index >= 15 is 0 Å². The molecule has 0 spiro atoms. The number of rotatable bonds is 3. The molecule has 0 saturated heterocycles. The number of carboxylic acids is 1. The highest BCUT2D eigenvalue weighted by molar-refractivity contribution is 5.85. The van der Waals surface area contributed by atoms with Gasteiger partial charge in [-0.15, -0.1) is 0 Å². The molecule has 4 nitrogen and oxygen atoms in total. The van der Waals surface area contributed by atoms with Gasteiger partial charge in [0, 0.05) is 31.0 Å². The summed E-state index contributed by atoms with van der Waals surface area (Å²) in [5.74, 6) is -3.16. The van der Waals surface area contributed by atoms with Crippen molar-refractivity contribution < 1.29 is 18.7 Å². The van der Waals surface area contributed by atoms with Gasteiger partial charge in [0.2, 0.25) is 5.92 Å². The van der Waals surface area contributed by atoms with E-state index in [-0.39, 0.29) is 18.8 Å². The molecule has 1 aliphatic rings. The molecule has 0 aliphatic heterocycles. The van der Waals surface area contributed by atoms with Crippen LogP contribution in [0.3, 0.4) is 0 Å². The van der Waals surface area contributed by atoms with Gasteiger partial charge in [-0.2, -0.15) is 0 Å². The van der Waals surface area contributed by atoms with E-state index < -0.39 is 11.9 Å². The first-order chi connectivity index (χ1) is 9.44. The average Bonchev–Trinajstić information content (AvgIpc) is 2.76. The van der Waals surface area contributed by atoms with Crippen molar-refractivity contribution >= 4 is 17.6 Å². The van der Waals surface area contributed by atoms with Gasteiger partial charge in [0.05, 0.1) is 11.7 Å². The van der Waals surface area contributed by atoms with Crippen molar-refractivity contribution in [2.24, 2.45) is 0 Å². The number of aromatic nitrogens is 2. The Morgan fingerprint density at radius 2 is 2.25 bits per heavy atom. The quantitative estimate of drug-likeness (QED) is 0.878. The van der Waals surface area contributed by atoms with Crippen molar-refractivity contribution in [3.8, 4) is 0 Å². The molecule has 1 fully saturated rings. The van der Waals surface area contributed by atoms with Gasteiger partial charge in [-0.3, -0.25) is 0 Å². The predicted molar refractivity (Wildman–Crippen MR) is 68.8 cm³/mol. The van der Waals surface area contributed by atoms with Crippen LogP contribution in [0.2, 0.25) is 0 Å². The molecular formula is C14H12F2N2O2. The number of hydrogen-bond donors (Lipinski definition) is 1. The van der Waals surface area contributed by atoms with Crippen LogP contribution in [0.15, 0.2) is 30.6 Å². The molecule has 1 aliphatic carbocycles. The largest absolute Gasteiger partial charge is 0.478 e. The number of pyridine rings is 1. The minimum atomic E-state index is -2.57.